The molecule has 22 heavy (non-hydrogen) atoms. The average molecular weight is 314 g/mol. The number of hydrogen-bond donors (Lipinski definition) is 0. The molecule has 0 bridgehead atoms. The summed E-state index contributed by atoms with van der Waals surface area (Å²) in [5, 5.41) is 19.7. The van der Waals surface area contributed by atoms with Crippen molar-refractivity contribution in [1.82, 2.24) is 0 Å². The fourth-order valence-electron chi connectivity index (χ4n) is 1.74. The van der Waals surface area contributed by atoms with Crippen molar-refractivity contribution in [3.8, 4) is 6.07 Å². The number of nitrogens with zero attached hydrogens (tertiary/aromatic N) is 2. The van der Waals surface area contributed by atoms with E-state index >= 15 is 0 Å². The lowest BCUT2D eigenvalue weighted by atomic mass is 10.2. The summed E-state index contributed by atoms with van der Waals surface area (Å²) in [5.74, 6) is 0. The molecule has 0 fully saturated rings. The monoisotopic (exact) mass is 314 g/mol. The largest absolute Gasteiger partial charge is 0.269 e. The highest BCUT2D eigenvalue weighted by molar-refractivity contribution is 7.95. The summed E-state index contributed by atoms with van der Waals surface area (Å²) in [6.45, 7) is 0. The standard InChI is InChI=1S/C15H10N2O4S/c16-11-15(10-12-4-2-1-3-5-12)22(20,21)14-8-6-13(7-9-14)17(18)19/h1-10H/b15-10+. The maximum atomic E-state index is 12.4. The molecular weight excluding hydrogens is 304 g/mol. The molecular formula is C15H10N2O4S. The molecule has 0 radical (unpaired) electrons. The molecule has 2 rings (SSSR count). The predicted molar refractivity (Wildman–Crippen MR) is 80.3 cm³/mol. The molecule has 0 N–H and O–H groups in total. The first kappa shape index (κ1) is 15.4. The minimum atomic E-state index is -4.01. The summed E-state index contributed by atoms with van der Waals surface area (Å²) in [6, 6.07) is 14.6. The van der Waals surface area contributed by atoms with Crippen LogP contribution in [0.4, 0.5) is 5.69 Å². The second kappa shape index (κ2) is 6.20. The fourth-order valence-corrected chi connectivity index (χ4v) is 2.90. The molecule has 0 unspecified atom stereocenters. The molecule has 0 atom stereocenters. The second-order valence-electron chi connectivity index (χ2n) is 4.29. The predicted octanol–water partition coefficient (Wildman–Crippen LogP) is 2.93. The number of nitro groups is 1. The van der Waals surface area contributed by atoms with E-state index < -0.39 is 19.7 Å². The van der Waals surface area contributed by atoms with Gasteiger partial charge in [-0.2, -0.15) is 5.26 Å². The van der Waals surface area contributed by atoms with Crippen molar-refractivity contribution in [3.63, 3.8) is 0 Å². The third-order valence-electron chi connectivity index (χ3n) is 2.85. The Kier molecular flexibility index (Phi) is 4.34. The van der Waals surface area contributed by atoms with Gasteiger partial charge in [0.2, 0.25) is 9.84 Å². The molecule has 0 saturated heterocycles. The highest BCUT2D eigenvalue weighted by Crippen LogP contribution is 2.23. The van der Waals surface area contributed by atoms with Crippen LogP contribution in [-0.2, 0) is 9.84 Å². The summed E-state index contributed by atoms with van der Waals surface area (Å²) in [6.07, 6.45) is 1.26. The first-order chi connectivity index (χ1) is 10.4. The zero-order valence-electron chi connectivity index (χ0n) is 11.2. The zero-order valence-corrected chi connectivity index (χ0v) is 12.0. The molecule has 7 heteroatoms. The van der Waals surface area contributed by atoms with E-state index in [9.17, 15) is 18.5 Å². The summed E-state index contributed by atoms with van der Waals surface area (Å²) in [7, 11) is -4.01. The van der Waals surface area contributed by atoms with Gasteiger partial charge >= 0.3 is 0 Å². The van der Waals surface area contributed by atoms with Crippen LogP contribution in [0.5, 0.6) is 0 Å². The topological polar surface area (TPSA) is 101 Å². The van der Waals surface area contributed by atoms with Crippen LogP contribution in [0.2, 0.25) is 0 Å². The van der Waals surface area contributed by atoms with Crippen molar-refractivity contribution in [2.75, 3.05) is 0 Å². The SMILES string of the molecule is N#C/C(=C\c1ccccc1)S(=O)(=O)c1ccc([N+](=O)[O-])cc1. The molecule has 0 aliphatic rings. The van der Waals surface area contributed by atoms with Crippen LogP contribution >= 0.6 is 0 Å². The van der Waals surface area contributed by atoms with E-state index in [1.165, 1.54) is 6.08 Å². The third-order valence-corrected chi connectivity index (χ3v) is 4.54. The van der Waals surface area contributed by atoms with E-state index in [4.69, 9.17) is 5.26 Å². The number of benzene rings is 2. The first-order valence-electron chi connectivity index (χ1n) is 6.11. The molecule has 2 aromatic rings. The van der Waals surface area contributed by atoms with Crippen molar-refractivity contribution in [1.29, 1.82) is 5.26 Å². The minimum absolute atomic E-state index is 0.165. The second-order valence-corrected chi connectivity index (χ2v) is 6.20. The number of hydrogen-bond acceptors (Lipinski definition) is 5. The molecule has 0 spiro atoms. The normalized spacial score (nSPS) is 11.7. The Balaban J connectivity index is 2.46. The van der Waals surface area contributed by atoms with Crippen molar-refractivity contribution in [2.45, 2.75) is 4.90 Å². The van der Waals surface area contributed by atoms with Crippen LogP contribution < -0.4 is 0 Å². The number of sulfone groups is 1. The van der Waals surface area contributed by atoms with Gasteiger partial charge < -0.3 is 0 Å². The lowest BCUT2D eigenvalue weighted by molar-refractivity contribution is -0.384. The van der Waals surface area contributed by atoms with Gasteiger partial charge in [0.1, 0.15) is 11.0 Å². The van der Waals surface area contributed by atoms with Crippen molar-refractivity contribution < 1.29 is 13.3 Å². The molecule has 0 heterocycles. The van der Waals surface area contributed by atoms with E-state index in [2.05, 4.69) is 0 Å². The summed E-state index contributed by atoms with van der Waals surface area (Å²) in [5.41, 5.74) is 0.356. The highest BCUT2D eigenvalue weighted by Gasteiger charge is 2.21. The van der Waals surface area contributed by atoms with Gasteiger partial charge in [-0.15, -0.1) is 0 Å². The van der Waals surface area contributed by atoms with Gasteiger partial charge in [-0.05, 0) is 23.8 Å². The van der Waals surface area contributed by atoms with E-state index in [1.807, 2.05) is 0 Å². The Morgan fingerprint density at radius 1 is 1.09 bits per heavy atom. The number of nitriles is 1. The van der Waals surface area contributed by atoms with Gasteiger partial charge in [0.05, 0.1) is 9.82 Å². The van der Waals surface area contributed by atoms with Crippen LogP contribution in [0.1, 0.15) is 5.56 Å². The van der Waals surface area contributed by atoms with E-state index in [0.717, 1.165) is 24.3 Å². The summed E-state index contributed by atoms with van der Waals surface area (Å²) < 4.78 is 24.8. The molecule has 0 aliphatic carbocycles. The average Bonchev–Trinajstić information content (AvgIpc) is 2.53. The Labute approximate surface area is 127 Å². The molecule has 0 aromatic heterocycles. The molecule has 0 amide bonds. The van der Waals surface area contributed by atoms with Crippen LogP contribution in [-0.4, -0.2) is 13.3 Å². The lowest BCUT2D eigenvalue weighted by Gasteiger charge is -2.03. The van der Waals surface area contributed by atoms with E-state index in [0.29, 0.717) is 5.56 Å². The molecule has 6 nitrogen and oxygen atoms in total. The van der Waals surface area contributed by atoms with Gasteiger partial charge in [-0.1, -0.05) is 30.3 Å². The van der Waals surface area contributed by atoms with Crippen molar-refractivity contribution in [3.05, 3.63) is 75.2 Å². The lowest BCUT2D eigenvalue weighted by Crippen LogP contribution is -2.03. The summed E-state index contributed by atoms with van der Waals surface area (Å²) in [4.78, 5) is 9.37. The Bertz CT molecular complexity index is 864. The Morgan fingerprint density at radius 3 is 2.18 bits per heavy atom. The van der Waals surface area contributed by atoms with Gasteiger partial charge in [-0.3, -0.25) is 10.1 Å². The van der Waals surface area contributed by atoms with Gasteiger partial charge in [0.25, 0.3) is 5.69 Å². The molecule has 0 aliphatic heterocycles. The number of nitro benzene ring substituents is 1. The van der Waals surface area contributed by atoms with Crippen LogP contribution in [0.15, 0.2) is 64.4 Å². The quantitative estimate of drug-likeness (QED) is 0.490. The summed E-state index contributed by atoms with van der Waals surface area (Å²) >= 11 is 0. The minimum Gasteiger partial charge on any atom is -0.258 e. The molecule has 0 saturated carbocycles. The van der Waals surface area contributed by atoms with E-state index in [1.54, 1.807) is 36.4 Å². The molecule has 110 valence electrons. The number of allylic oxidation sites excluding steroid dienone is 1. The Morgan fingerprint density at radius 2 is 1.68 bits per heavy atom. The smallest absolute Gasteiger partial charge is 0.258 e. The Hall–Kier alpha value is -2.98. The number of non-ortho nitro benzene ring substituents is 1. The van der Waals surface area contributed by atoms with Crippen LogP contribution in [0, 0.1) is 21.4 Å². The van der Waals surface area contributed by atoms with Gasteiger partial charge in [-0.25, -0.2) is 8.42 Å². The third kappa shape index (κ3) is 3.19. The first-order valence-corrected chi connectivity index (χ1v) is 7.60. The van der Waals surface area contributed by atoms with Crippen molar-refractivity contribution >= 4 is 21.6 Å². The zero-order chi connectivity index (χ0) is 16.2. The van der Waals surface area contributed by atoms with Gasteiger partial charge in [0.15, 0.2) is 0 Å². The van der Waals surface area contributed by atoms with Crippen LogP contribution in [0.25, 0.3) is 6.08 Å². The maximum absolute atomic E-state index is 12.4. The van der Waals surface area contributed by atoms with E-state index in [-0.39, 0.29) is 10.6 Å². The maximum Gasteiger partial charge on any atom is 0.269 e. The number of rotatable bonds is 4. The highest BCUT2D eigenvalue weighted by atomic mass is 32.2. The fraction of sp³-hybridized carbons (Fsp3) is 0. The molecule has 2 aromatic carbocycles. The van der Waals surface area contributed by atoms with Crippen molar-refractivity contribution in [2.24, 2.45) is 0 Å². The van der Waals surface area contributed by atoms with Crippen LogP contribution in [0.3, 0.4) is 0 Å². The van der Waals surface area contributed by atoms with Gasteiger partial charge in [0, 0.05) is 12.1 Å².